The minimum Gasteiger partial charge on any atom is -0.461 e. The third-order valence-electron chi connectivity index (χ3n) is 2.36. The minimum atomic E-state index is -0.315. The van der Waals surface area contributed by atoms with Crippen LogP contribution in [0.3, 0.4) is 0 Å². The molecular weight excluding hydrogens is 329 g/mol. The molecule has 0 atom stereocenters. The van der Waals surface area contributed by atoms with E-state index < -0.39 is 0 Å². The van der Waals surface area contributed by atoms with Gasteiger partial charge >= 0.3 is 5.97 Å². The molecule has 0 saturated heterocycles. The number of esters is 1. The summed E-state index contributed by atoms with van der Waals surface area (Å²) < 4.78 is 6.09. The van der Waals surface area contributed by atoms with Crippen molar-refractivity contribution in [1.82, 2.24) is 4.98 Å². The van der Waals surface area contributed by atoms with Crippen LogP contribution in [0.2, 0.25) is 0 Å². The second-order valence-corrected chi connectivity index (χ2v) is 4.66. The summed E-state index contributed by atoms with van der Waals surface area (Å²) in [5.74, 6) is -0.315. The van der Waals surface area contributed by atoms with Crippen molar-refractivity contribution in [3.8, 4) is 11.1 Å². The van der Waals surface area contributed by atoms with Crippen LogP contribution in [0.1, 0.15) is 17.4 Å². The summed E-state index contributed by atoms with van der Waals surface area (Å²) in [7, 11) is 0. The second kappa shape index (κ2) is 5.35. The first kappa shape index (κ1) is 12.2. The van der Waals surface area contributed by atoms with Gasteiger partial charge in [-0.2, -0.15) is 0 Å². The fourth-order valence-corrected chi connectivity index (χ4v) is 2.27. The van der Waals surface area contributed by atoms with E-state index in [1.165, 1.54) is 0 Å². The van der Waals surface area contributed by atoms with Gasteiger partial charge in [-0.05, 0) is 47.2 Å². The van der Waals surface area contributed by atoms with Gasteiger partial charge in [-0.3, -0.25) is 0 Å². The van der Waals surface area contributed by atoms with Gasteiger partial charge in [0.15, 0.2) is 0 Å². The lowest BCUT2D eigenvalue weighted by Crippen LogP contribution is -2.04. The average Bonchev–Trinajstić information content (AvgIpc) is 2.79. The quantitative estimate of drug-likeness (QED) is 0.686. The van der Waals surface area contributed by atoms with E-state index >= 15 is 0 Å². The highest BCUT2D eigenvalue weighted by molar-refractivity contribution is 14.1. The molecule has 0 fully saturated rings. The summed E-state index contributed by atoms with van der Waals surface area (Å²) in [5.41, 5.74) is 2.60. The Morgan fingerprint density at radius 1 is 1.41 bits per heavy atom. The van der Waals surface area contributed by atoms with E-state index in [9.17, 15) is 4.79 Å². The van der Waals surface area contributed by atoms with Crippen molar-refractivity contribution in [2.75, 3.05) is 6.61 Å². The molecule has 1 aromatic heterocycles. The highest BCUT2D eigenvalue weighted by Gasteiger charge is 2.11. The molecule has 1 aromatic carbocycles. The molecule has 1 N–H and O–H groups in total. The fraction of sp³-hybridized carbons (Fsp3) is 0.154. The van der Waals surface area contributed by atoms with Crippen molar-refractivity contribution < 1.29 is 9.53 Å². The maximum Gasteiger partial charge on any atom is 0.354 e. The summed E-state index contributed by atoms with van der Waals surface area (Å²) >= 11 is 2.28. The number of ether oxygens (including phenoxy) is 1. The summed E-state index contributed by atoms with van der Waals surface area (Å²) in [6.45, 7) is 2.18. The lowest BCUT2D eigenvalue weighted by Gasteiger charge is -2.00. The first-order chi connectivity index (χ1) is 8.22. The highest BCUT2D eigenvalue weighted by atomic mass is 127. The fourth-order valence-electron chi connectivity index (χ4n) is 1.57. The van der Waals surface area contributed by atoms with E-state index in [1.54, 1.807) is 6.92 Å². The Morgan fingerprint density at radius 3 is 2.88 bits per heavy atom. The minimum absolute atomic E-state index is 0.315. The monoisotopic (exact) mass is 341 g/mol. The van der Waals surface area contributed by atoms with Crippen molar-refractivity contribution in [2.24, 2.45) is 0 Å². The number of carbonyl (C=O) groups is 1. The zero-order valence-corrected chi connectivity index (χ0v) is 11.5. The number of rotatable bonds is 3. The van der Waals surface area contributed by atoms with Gasteiger partial charge in [0.2, 0.25) is 0 Å². The Morgan fingerprint density at radius 2 is 2.18 bits per heavy atom. The zero-order chi connectivity index (χ0) is 12.3. The number of nitrogens with one attached hydrogen (secondary N) is 1. The summed E-state index contributed by atoms with van der Waals surface area (Å²) in [6, 6.07) is 9.85. The van der Waals surface area contributed by atoms with Gasteiger partial charge in [0, 0.05) is 15.3 Å². The largest absolute Gasteiger partial charge is 0.461 e. The van der Waals surface area contributed by atoms with E-state index in [0.717, 1.165) is 14.7 Å². The third kappa shape index (κ3) is 2.69. The van der Waals surface area contributed by atoms with Gasteiger partial charge < -0.3 is 9.72 Å². The van der Waals surface area contributed by atoms with Crippen molar-refractivity contribution in [2.45, 2.75) is 6.92 Å². The van der Waals surface area contributed by atoms with Crippen LogP contribution in [-0.2, 0) is 4.74 Å². The number of benzene rings is 1. The first-order valence-electron chi connectivity index (χ1n) is 5.33. The topological polar surface area (TPSA) is 42.1 Å². The van der Waals surface area contributed by atoms with Crippen LogP contribution < -0.4 is 0 Å². The lowest BCUT2D eigenvalue weighted by molar-refractivity contribution is 0.0520. The van der Waals surface area contributed by atoms with E-state index in [2.05, 4.69) is 27.6 Å². The molecule has 2 rings (SSSR count). The van der Waals surface area contributed by atoms with Crippen LogP contribution >= 0.6 is 22.6 Å². The summed E-state index contributed by atoms with van der Waals surface area (Å²) in [4.78, 5) is 14.5. The van der Waals surface area contributed by atoms with Gasteiger partial charge in [-0.15, -0.1) is 0 Å². The molecule has 17 heavy (non-hydrogen) atoms. The number of hydrogen-bond donors (Lipinski definition) is 1. The summed E-state index contributed by atoms with van der Waals surface area (Å²) in [5, 5.41) is 0. The normalized spacial score (nSPS) is 10.2. The predicted octanol–water partition coefficient (Wildman–Crippen LogP) is 3.46. The van der Waals surface area contributed by atoms with E-state index in [4.69, 9.17) is 4.74 Å². The number of halogens is 1. The number of aromatic amines is 1. The van der Waals surface area contributed by atoms with Gasteiger partial charge in [0.1, 0.15) is 5.69 Å². The predicted molar refractivity (Wildman–Crippen MR) is 74.9 cm³/mol. The van der Waals surface area contributed by atoms with Gasteiger partial charge in [-0.25, -0.2) is 4.79 Å². The van der Waals surface area contributed by atoms with Crippen molar-refractivity contribution >= 4 is 28.6 Å². The van der Waals surface area contributed by atoms with Crippen LogP contribution in [-0.4, -0.2) is 17.6 Å². The Kier molecular flexibility index (Phi) is 3.83. The van der Waals surface area contributed by atoms with Crippen LogP contribution in [0.5, 0.6) is 0 Å². The third-order valence-corrected chi connectivity index (χ3v) is 3.30. The van der Waals surface area contributed by atoms with Gasteiger partial charge in [0.05, 0.1) is 6.61 Å². The van der Waals surface area contributed by atoms with E-state index in [1.807, 2.05) is 36.5 Å². The van der Waals surface area contributed by atoms with Crippen molar-refractivity contribution in [3.63, 3.8) is 0 Å². The molecule has 0 unspecified atom stereocenters. The maximum atomic E-state index is 11.5. The lowest BCUT2D eigenvalue weighted by atomic mass is 10.1. The molecular formula is C13H12INO2. The molecule has 1 heterocycles. The molecule has 0 radical (unpaired) electrons. The van der Waals surface area contributed by atoms with E-state index in [0.29, 0.717) is 12.3 Å². The molecule has 0 spiro atoms. The Bertz CT molecular complexity index is 534. The van der Waals surface area contributed by atoms with Crippen LogP contribution in [0.25, 0.3) is 11.1 Å². The van der Waals surface area contributed by atoms with Gasteiger partial charge in [0.25, 0.3) is 0 Å². The van der Waals surface area contributed by atoms with Crippen molar-refractivity contribution in [3.05, 3.63) is 45.8 Å². The Hall–Kier alpha value is -1.30. The number of carbonyl (C=O) groups excluding carboxylic acids is 1. The molecule has 88 valence electrons. The number of aromatic nitrogens is 1. The molecule has 0 bridgehead atoms. The van der Waals surface area contributed by atoms with Crippen molar-refractivity contribution in [1.29, 1.82) is 0 Å². The Labute approximate surface area is 113 Å². The standard InChI is InChI=1S/C13H12INO2/c1-2-17-13(16)12-7-9(8-15-12)10-5-3-4-6-11(10)14/h3-8,15H,2H2,1H3. The first-order valence-corrected chi connectivity index (χ1v) is 6.40. The van der Waals surface area contributed by atoms with Crippen LogP contribution in [0.15, 0.2) is 36.5 Å². The Balaban J connectivity index is 2.30. The molecule has 0 saturated carbocycles. The second-order valence-electron chi connectivity index (χ2n) is 3.50. The smallest absolute Gasteiger partial charge is 0.354 e. The molecule has 2 aromatic rings. The zero-order valence-electron chi connectivity index (χ0n) is 9.37. The molecule has 4 heteroatoms. The van der Waals surface area contributed by atoms with Crippen LogP contribution in [0, 0.1) is 3.57 Å². The molecule has 3 nitrogen and oxygen atoms in total. The number of hydrogen-bond acceptors (Lipinski definition) is 2. The molecule has 0 amide bonds. The van der Waals surface area contributed by atoms with Gasteiger partial charge in [-0.1, -0.05) is 18.2 Å². The highest BCUT2D eigenvalue weighted by Crippen LogP contribution is 2.25. The van der Waals surface area contributed by atoms with Crippen LogP contribution in [0.4, 0.5) is 0 Å². The van der Waals surface area contributed by atoms with E-state index in [-0.39, 0.29) is 5.97 Å². The molecule has 0 aliphatic carbocycles. The SMILES string of the molecule is CCOC(=O)c1cc(-c2ccccc2I)c[nH]1. The average molecular weight is 341 g/mol. The molecule has 0 aliphatic heterocycles. The summed E-state index contributed by atoms with van der Waals surface area (Å²) in [6.07, 6.45) is 1.82. The molecule has 0 aliphatic rings. The number of H-pyrrole nitrogens is 1. The maximum absolute atomic E-state index is 11.5.